The number of aromatic nitrogens is 1. The fraction of sp³-hybridized carbons (Fsp3) is 0.125. The monoisotopic (exact) mass is 194 g/mol. The van der Waals surface area contributed by atoms with Crippen molar-refractivity contribution in [2.45, 2.75) is 11.4 Å². The molecule has 1 atom stereocenters. The molecule has 0 radical (unpaired) electrons. The molecular formula is C8H6N2O2S. The number of carbonyl (C=O) groups is 1. The Balaban J connectivity index is 2.82. The molecule has 4 nitrogen and oxygen atoms in total. The highest BCUT2D eigenvalue weighted by Crippen LogP contribution is 2.03. The molecule has 0 amide bonds. The molecule has 0 fully saturated rings. The third-order valence-electron chi connectivity index (χ3n) is 1.26. The summed E-state index contributed by atoms with van der Waals surface area (Å²) in [5.41, 5.74) is 0. The zero-order valence-electron chi connectivity index (χ0n) is 6.64. The summed E-state index contributed by atoms with van der Waals surface area (Å²) in [6, 6.07) is 6.44. The topological polar surface area (TPSA) is 70.8 Å². The molecule has 0 bridgehead atoms. The number of carbonyl (C=O) groups excluding carboxylic acids is 1. The van der Waals surface area contributed by atoms with Crippen molar-refractivity contribution in [3.8, 4) is 6.07 Å². The van der Waals surface area contributed by atoms with E-state index in [2.05, 4.69) is 4.98 Å². The highest BCUT2D eigenvalue weighted by molar-refractivity contribution is 8.00. The van der Waals surface area contributed by atoms with E-state index in [0.29, 0.717) is 0 Å². The maximum Gasteiger partial charge on any atom is 0.239 e. The van der Waals surface area contributed by atoms with Crippen molar-refractivity contribution in [3.05, 3.63) is 24.4 Å². The molecule has 0 aliphatic rings. The van der Waals surface area contributed by atoms with E-state index >= 15 is 0 Å². The van der Waals surface area contributed by atoms with Crippen LogP contribution in [0.2, 0.25) is 0 Å². The normalized spacial score (nSPS) is 11.6. The zero-order valence-corrected chi connectivity index (χ0v) is 7.45. The zero-order chi connectivity index (χ0) is 9.68. The first kappa shape index (κ1) is 9.55. The molecule has 5 heteroatoms. The molecule has 1 rings (SSSR count). The lowest BCUT2D eigenvalue weighted by Crippen LogP contribution is -2.07. The van der Waals surface area contributed by atoms with Crippen LogP contribution in [0.5, 0.6) is 0 Å². The summed E-state index contributed by atoms with van der Waals surface area (Å²) in [5.74, 6) is 0. The Bertz CT molecular complexity index is 369. The molecule has 0 aliphatic heterocycles. The van der Waals surface area contributed by atoms with E-state index in [9.17, 15) is 9.00 Å². The summed E-state index contributed by atoms with van der Waals surface area (Å²) in [5, 5.41) is 7.79. The Morgan fingerprint density at radius 3 is 2.92 bits per heavy atom. The molecule has 0 N–H and O–H groups in total. The number of pyridine rings is 1. The second-order valence-corrected chi connectivity index (χ2v) is 3.55. The second-order valence-electron chi connectivity index (χ2n) is 2.14. The third-order valence-corrected chi connectivity index (χ3v) is 2.44. The lowest BCUT2D eigenvalue weighted by molar-refractivity contribution is -0.110. The minimum atomic E-state index is -1.80. The van der Waals surface area contributed by atoms with Gasteiger partial charge in [0.2, 0.25) is 5.12 Å². The summed E-state index contributed by atoms with van der Waals surface area (Å²) in [7, 11) is -1.80. The Labute approximate surface area is 77.7 Å². The van der Waals surface area contributed by atoms with Crippen LogP contribution in [0, 0.1) is 11.3 Å². The number of hydrogen-bond donors (Lipinski definition) is 0. The van der Waals surface area contributed by atoms with E-state index in [1.807, 2.05) is 0 Å². The van der Waals surface area contributed by atoms with Crippen molar-refractivity contribution in [1.29, 1.82) is 5.26 Å². The second kappa shape index (κ2) is 4.48. The number of nitrogens with zero attached hydrogens (tertiary/aromatic N) is 2. The number of hydrogen-bond acceptors (Lipinski definition) is 4. The first-order chi connectivity index (χ1) is 6.25. The maximum absolute atomic E-state index is 11.3. The fourth-order valence-corrected chi connectivity index (χ4v) is 1.49. The third kappa shape index (κ3) is 2.46. The maximum atomic E-state index is 11.3. The number of nitriles is 1. The van der Waals surface area contributed by atoms with E-state index < -0.39 is 15.9 Å². The largest absolute Gasteiger partial charge is 0.283 e. The van der Waals surface area contributed by atoms with Gasteiger partial charge in [-0.1, -0.05) is 6.07 Å². The van der Waals surface area contributed by atoms with Crippen molar-refractivity contribution >= 4 is 15.9 Å². The van der Waals surface area contributed by atoms with Crippen LogP contribution in [0.15, 0.2) is 29.4 Å². The molecule has 13 heavy (non-hydrogen) atoms. The van der Waals surface area contributed by atoms with Gasteiger partial charge in [0.25, 0.3) is 0 Å². The van der Waals surface area contributed by atoms with Gasteiger partial charge in [0.1, 0.15) is 22.2 Å². The predicted octanol–water partition coefficient (Wildman–Crippen LogP) is 0.629. The van der Waals surface area contributed by atoms with E-state index in [1.54, 1.807) is 18.2 Å². The SMILES string of the molecule is N#CCC(=O)S(=O)c1ccccn1. The lowest BCUT2D eigenvalue weighted by Gasteiger charge is -1.95. The van der Waals surface area contributed by atoms with Crippen molar-refractivity contribution in [1.82, 2.24) is 4.98 Å². The van der Waals surface area contributed by atoms with Gasteiger partial charge in [-0.2, -0.15) is 5.26 Å². The molecular weight excluding hydrogens is 188 g/mol. The van der Waals surface area contributed by atoms with Crippen molar-refractivity contribution < 1.29 is 9.00 Å². The first-order valence-corrected chi connectivity index (χ1v) is 4.63. The summed E-state index contributed by atoms with van der Waals surface area (Å²) in [4.78, 5) is 14.7. The van der Waals surface area contributed by atoms with Crippen LogP contribution in [0.25, 0.3) is 0 Å². The van der Waals surface area contributed by atoms with Crippen molar-refractivity contribution in [2.24, 2.45) is 0 Å². The van der Waals surface area contributed by atoms with Crippen LogP contribution in [-0.2, 0) is 15.6 Å². The molecule has 0 aliphatic carbocycles. The van der Waals surface area contributed by atoms with Gasteiger partial charge in [-0.25, -0.2) is 9.19 Å². The van der Waals surface area contributed by atoms with Gasteiger partial charge in [0.15, 0.2) is 0 Å². The average molecular weight is 194 g/mol. The van der Waals surface area contributed by atoms with Crippen LogP contribution in [0.3, 0.4) is 0 Å². The minimum Gasteiger partial charge on any atom is -0.283 e. The van der Waals surface area contributed by atoms with Gasteiger partial charge in [-0.15, -0.1) is 0 Å². The molecule has 1 aromatic rings. The Hall–Kier alpha value is -1.54. The van der Waals surface area contributed by atoms with E-state index in [0.717, 1.165) is 0 Å². The molecule has 0 aromatic carbocycles. The first-order valence-electron chi connectivity index (χ1n) is 3.48. The van der Waals surface area contributed by atoms with E-state index in [1.165, 1.54) is 12.3 Å². The Morgan fingerprint density at radius 1 is 1.62 bits per heavy atom. The highest BCUT2D eigenvalue weighted by Gasteiger charge is 2.13. The molecule has 0 saturated heterocycles. The van der Waals surface area contributed by atoms with Gasteiger partial charge in [0, 0.05) is 6.20 Å². The standard InChI is InChI=1S/C8H6N2O2S/c9-5-4-8(11)13(12)7-3-1-2-6-10-7/h1-3,6H,4H2. The Kier molecular flexibility index (Phi) is 3.29. The summed E-state index contributed by atoms with van der Waals surface area (Å²) < 4.78 is 11.3. The summed E-state index contributed by atoms with van der Waals surface area (Å²) >= 11 is 0. The minimum absolute atomic E-state index is 0.197. The summed E-state index contributed by atoms with van der Waals surface area (Å²) in [6.45, 7) is 0. The highest BCUT2D eigenvalue weighted by atomic mass is 32.2. The van der Waals surface area contributed by atoms with Crippen LogP contribution in [0.4, 0.5) is 0 Å². The van der Waals surface area contributed by atoms with Gasteiger partial charge < -0.3 is 0 Å². The van der Waals surface area contributed by atoms with Gasteiger partial charge in [-0.3, -0.25) is 4.79 Å². The van der Waals surface area contributed by atoms with Gasteiger partial charge in [0.05, 0.1) is 6.07 Å². The van der Waals surface area contributed by atoms with E-state index in [4.69, 9.17) is 5.26 Å². The quantitative estimate of drug-likeness (QED) is 0.692. The summed E-state index contributed by atoms with van der Waals surface area (Å²) in [6.07, 6.45) is 1.11. The predicted molar refractivity (Wildman–Crippen MR) is 45.9 cm³/mol. The average Bonchev–Trinajstić information content (AvgIpc) is 2.18. The smallest absolute Gasteiger partial charge is 0.239 e. The van der Waals surface area contributed by atoms with Gasteiger partial charge in [-0.05, 0) is 12.1 Å². The number of rotatable bonds is 2. The molecule has 1 unspecified atom stereocenters. The van der Waals surface area contributed by atoms with Crippen LogP contribution in [-0.4, -0.2) is 14.3 Å². The van der Waals surface area contributed by atoms with E-state index in [-0.39, 0.29) is 11.4 Å². The van der Waals surface area contributed by atoms with Crippen LogP contribution >= 0.6 is 0 Å². The van der Waals surface area contributed by atoms with Crippen LogP contribution < -0.4 is 0 Å². The molecule has 66 valence electrons. The molecule has 1 heterocycles. The van der Waals surface area contributed by atoms with Crippen LogP contribution in [0.1, 0.15) is 6.42 Å². The molecule has 1 aromatic heterocycles. The van der Waals surface area contributed by atoms with Crippen molar-refractivity contribution in [2.75, 3.05) is 0 Å². The molecule has 0 saturated carbocycles. The fourth-order valence-electron chi connectivity index (χ4n) is 0.703. The van der Waals surface area contributed by atoms with Gasteiger partial charge >= 0.3 is 0 Å². The Morgan fingerprint density at radius 2 is 2.38 bits per heavy atom. The molecule has 0 spiro atoms. The lowest BCUT2D eigenvalue weighted by atomic mass is 10.5. The van der Waals surface area contributed by atoms with Crippen molar-refractivity contribution in [3.63, 3.8) is 0 Å².